The normalized spacial score (nSPS) is 19.8. The second-order valence-corrected chi connectivity index (χ2v) is 14.3. The fourth-order valence-electron chi connectivity index (χ4n) is 6.11. The molecule has 1 aliphatic carbocycles. The van der Waals surface area contributed by atoms with Crippen LogP contribution in [0.25, 0.3) is 10.9 Å². The van der Waals surface area contributed by atoms with E-state index < -0.39 is 48.1 Å². The molecule has 10 nitrogen and oxygen atoms in total. The molecule has 3 amide bonds. The standard InChI is InChI=1S/C31H37F2N4O6P/c1-30(2,3)26(36-27(38)24-17-19-16-20(13-14-22(19)34-24)31(32,33)44(41,42)43)29(40)37-15-7-12-25(37)28(39)35-23-11-6-9-18-8-4-5-10-21(18)23/h4-5,8,10,13-14,16-17,23,25-26,34H,6-7,9,11-12,15H2,1-3H3,(H,35,39)(H,36,38)(H2,41,42,43)/t23-,25+,26?/m1/s1. The Morgan fingerprint density at radius 2 is 1.77 bits per heavy atom. The summed E-state index contributed by atoms with van der Waals surface area (Å²) in [5, 5.41) is 6.06. The zero-order valence-corrected chi connectivity index (χ0v) is 25.7. The summed E-state index contributed by atoms with van der Waals surface area (Å²) in [6.45, 7) is 5.74. The molecule has 2 heterocycles. The number of aromatic nitrogens is 1. The lowest BCUT2D eigenvalue weighted by molar-refractivity contribution is -0.142. The first-order valence-electron chi connectivity index (χ1n) is 14.6. The number of likely N-dealkylation sites (tertiary alicyclic amines) is 1. The number of halogens is 2. The topological polar surface area (TPSA) is 152 Å². The molecule has 3 atom stereocenters. The van der Waals surface area contributed by atoms with Gasteiger partial charge in [0, 0.05) is 23.0 Å². The Balaban J connectivity index is 1.33. The summed E-state index contributed by atoms with van der Waals surface area (Å²) < 4.78 is 39.8. The van der Waals surface area contributed by atoms with Gasteiger partial charge in [0.05, 0.1) is 6.04 Å². The number of nitrogens with one attached hydrogen (secondary N) is 3. The first kappa shape index (κ1) is 31.8. The van der Waals surface area contributed by atoms with E-state index in [4.69, 9.17) is 9.79 Å². The molecule has 1 aromatic heterocycles. The van der Waals surface area contributed by atoms with Crippen LogP contribution in [0.4, 0.5) is 8.78 Å². The van der Waals surface area contributed by atoms with Crippen LogP contribution in [0, 0.1) is 5.41 Å². The van der Waals surface area contributed by atoms with Gasteiger partial charge < -0.3 is 30.3 Å². The fraction of sp³-hybridized carbons (Fsp3) is 0.452. The number of nitrogens with zero attached hydrogens (tertiary/aromatic N) is 1. The first-order chi connectivity index (χ1) is 20.6. The van der Waals surface area contributed by atoms with E-state index >= 15 is 0 Å². The van der Waals surface area contributed by atoms with Crippen LogP contribution in [-0.4, -0.2) is 56.0 Å². The van der Waals surface area contributed by atoms with Gasteiger partial charge in [-0.1, -0.05) is 51.1 Å². The van der Waals surface area contributed by atoms with E-state index in [1.165, 1.54) is 22.6 Å². The maximum atomic E-state index is 14.3. The van der Waals surface area contributed by atoms with E-state index in [1.807, 2.05) is 18.2 Å². The van der Waals surface area contributed by atoms with Gasteiger partial charge in [0.1, 0.15) is 17.8 Å². The molecule has 0 bridgehead atoms. The average Bonchev–Trinajstić information content (AvgIpc) is 3.62. The van der Waals surface area contributed by atoms with Crippen molar-refractivity contribution in [2.45, 2.75) is 76.7 Å². The molecule has 1 saturated heterocycles. The third-order valence-electron chi connectivity index (χ3n) is 8.49. The Morgan fingerprint density at radius 1 is 1.05 bits per heavy atom. The number of fused-ring (bicyclic) bond motifs is 2. The van der Waals surface area contributed by atoms with Crippen LogP contribution >= 0.6 is 7.60 Å². The number of H-pyrrole nitrogens is 1. The van der Waals surface area contributed by atoms with Crippen molar-refractivity contribution in [3.63, 3.8) is 0 Å². The summed E-state index contributed by atoms with van der Waals surface area (Å²) in [5.74, 6) is -1.29. The number of aryl methyl sites for hydroxylation is 1. The van der Waals surface area contributed by atoms with Crippen molar-refractivity contribution >= 4 is 36.2 Å². The Labute approximate surface area is 253 Å². The molecule has 5 rings (SSSR count). The summed E-state index contributed by atoms with van der Waals surface area (Å²) >= 11 is 0. The SMILES string of the molecule is CC(C)(C)C(NC(=O)c1cc2cc(C(F)(F)P(=O)(O)O)ccc2[nH]1)C(=O)N1CCC[C@H]1C(=O)N[C@@H]1CCCc2ccccc21. The van der Waals surface area contributed by atoms with Gasteiger partial charge in [0.25, 0.3) is 5.91 Å². The Kier molecular flexibility index (Phi) is 8.48. The summed E-state index contributed by atoms with van der Waals surface area (Å²) in [4.78, 5) is 63.3. The minimum Gasteiger partial charge on any atom is -0.351 e. The van der Waals surface area contributed by atoms with Gasteiger partial charge in [-0.25, -0.2) is 0 Å². The molecular formula is C31H37F2N4O6P. The van der Waals surface area contributed by atoms with E-state index in [-0.39, 0.29) is 23.0 Å². The Hall–Kier alpha value is -3.60. The van der Waals surface area contributed by atoms with Gasteiger partial charge in [-0.05, 0) is 66.8 Å². The van der Waals surface area contributed by atoms with Gasteiger partial charge in [0.2, 0.25) is 11.8 Å². The number of aromatic amines is 1. The second kappa shape index (κ2) is 11.7. The molecule has 0 spiro atoms. The number of carbonyl (C=O) groups excluding carboxylic acids is 3. The smallest absolute Gasteiger partial charge is 0.351 e. The third kappa shape index (κ3) is 6.16. The Morgan fingerprint density at radius 3 is 2.48 bits per heavy atom. The largest absolute Gasteiger partial charge is 0.399 e. The van der Waals surface area contributed by atoms with Crippen molar-refractivity contribution in [1.29, 1.82) is 0 Å². The van der Waals surface area contributed by atoms with Gasteiger partial charge in [-0.15, -0.1) is 0 Å². The number of carbonyl (C=O) groups is 3. The third-order valence-corrected chi connectivity index (χ3v) is 9.48. The molecule has 5 N–H and O–H groups in total. The second-order valence-electron chi connectivity index (χ2n) is 12.7. The van der Waals surface area contributed by atoms with Crippen molar-refractivity contribution in [3.05, 3.63) is 70.9 Å². The highest BCUT2D eigenvalue weighted by Crippen LogP contribution is 2.59. The predicted octanol–water partition coefficient (Wildman–Crippen LogP) is 4.72. The monoisotopic (exact) mass is 630 g/mol. The van der Waals surface area contributed by atoms with Crippen LogP contribution in [-0.2, 0) is 26.2 Å². The minimum absolute atomic E-state index is 0.0228. The van der Waals surface area contributed by atoms with E-state index in [1.54, 1.807) is 20.8 Å². The van der Waals surface area contributed by atoms with Crippen LogP contribution in [0.2, 0.25) is 0 Å². The lowest BCUT2D eigenvalue weighted by Crippen LogP contribution is -2.57. The molecule has 1 fully saturated rings. The fourth-order valence-corrected chi connectivity index (χ4v) is 6.58. The molecule has 3 aromatic rings. The van der Waals surface area contributed by atoms with Crippen molar-refractivity contribution in [3.8, 4) is 0 Å². The number of hydrogen-bond donors (Lipinski definition) is 5. The number of rotatable bonds is 7. The summed E-state index contributed by atoms with van der Waals surface area (Å²) in [5.41, 5.74) is -3.46. The van der Waals surface area contributed by atoms with Crippen molar-refractivity contribution in [2.24, 2.45) is 5.41 Å². The molecular weight excluding hydrogens is 593 g/mol. The van der Waals surface area contributed by atoms with Crippen molar-refractivity contribution in [2.75, 3.05) is 6.54 Å². The van der Waals surface area contributed by atoms with Gasteiger partial charge in [-0.2, -0.15) is 8.78 Å². The molecule has 2 aliphatic rings. The number of alkyl halides is 2. The Bertz CT molecular complexity index is 1650. The zero-order valence-electron chi connectivity index (χ0n) is 24.8. The highest BCUT2D eigenvalue weighted by molar-refractivity contribution is 7.52. The molecule has 0 radical (unpaired) electrons. The summed E-state index contributed by atoms with van der Waals surface area (Å²) in [7, 11) is -5.77. The predicted molar refractivity (Wildman–Crippen MR) is 160 cm³/mol. The molecule has 1 unspecified atom stereocenters. The lowest BCUT2D eigenvalue weighted by Gasteiger charge is -2.36. The van der Waals surface area contributed by atoms with E-state index in [0.29, 0.717) is 24.9 Å². The molecule has 2 aromatic carbocycles. The molecule has 1 aliphatic heterocycles. The molecule has 0 saturated carbocycles. The van der Waals surface area contributed by atoms with E-state index in [0.717, 1.165) is 37.0 Å². The van der Waals surface area contributed by atoms with Crippen molar-refractivity contribution < 1.29 is 37.5 Å². The number of hydrogen-bond acceptors (Lipinski definition) is 4. The lowest BCUT2D eigenvalue weighted by atomic mass is 9.85. The van der Waals surface area contributed by atoms with Gasteiger partial charge in [-0.3, -0.25) is 18.9 Å². The highest BCUT2D eigenvalue weighted by Gasteiger charge is 2.50. The summed E-state index contributed by atoms with van der Waals surface area (Å²) in [6, 6.07) is 10.5. The first-order valence-corrected chi connectivity index (χ1v) is 16.3. The van der Waals surface area contributed by atoms with Crippen LogP contribution in [0.15, 0.2) is 48.5 Å². The number of benzene rings is 2. The van der Waals surface area contributed by atoms with Crippen LogP contribution in [0.5, 0.6) is 0 Å². The zero-order chi connectivity index (χ0) is 32.0. The number of amides is 3. The van der Waals surface area contributed by atoms with E-state index in [9.17, 15) is 27.7 Å². The molecule has 44 heavy (non-hydrogen) atoms. The van der Waals surface area contributed by atoms with Crippen LogP contribution in [0.1, 0.15) is 79.7 Å². The molecule has 236 valence electrons. The maximum Gasteiger partial charge on any atom is 0.399 e. The van der Waals surface area contributed by atoms with Crippen molar-refractivity contribution in [1.82, 2.24) is 20.5 Å². The minimum atomic E-state index is -5.77. The maximum absolute atomic E-state index is 14.3. The average molecular weight is 631 g/mol. The quantitative estimate of drug-likeness (QED) is 0.238. The van der Waals surface area contributed by atoms with Crippen LogP contribution in [0.3, 0.4) is 0 Å². The highest BCUT2D eigenvalue weighted by atomic mass is 31.2. The van der Waals surface area contributed by atoms with Gasteiger partial charge in [0.15, 0.2) is 0 Å². The van der Waals surface area contributed by atoms with Crippen LogP contribution < -0.4 is 10.6 Å². The van der Waals surface area contributed by atoms with Gasteiger partial charge >= 0.3 is 13.3 Å². The molecule has 13 heteroatoms. The summed E-state index contributed by atoms with van der Waals surface area (Å²) in [6.07, 6.45) is 3.86. The van der Waals surface area contributed by atoms with E-state index in [2.05, 4.69) is 21.7 Å².